The first-order chi connectivity index (χ1) is 16.8. The Bertz CT molecular complexity index is 898. The van der Waals surface area contributed by atoms with Crippen LogP contribution in [0.15, 0.2) is 30.3 Å². The van der Waals surface area contributed by atoms with E-state index in [9.17, 15) is 14.4 Å². The van der Waals surface area contributed by atoms with E-state index in [4.69, 9.17) is 0 Å². The second-order valence-electron chi connectivity index (χ2n) is 10.1. The van der Waals surface area contributed by atoms with Crippen molar-refractivity contribution in [3.8, 4) is 0 Å². The molecule has 35 heavy (non-hydrogen) atoms. The summed E-state index contributed by atoms with van der Waals surface area (Å²) in [5.74, 6) is -0.266. The summed E-state index contributed by atoms with van der Waals surface area (Å²) in [6.45, 7) is 14.0. The molecule has 1 aromatic rings. The molecule has 3 amide bonds. The van der Waals surface area contributed by atoms with Gasteiger partial charge in [-0.25, -0.2) is 10.4 Å². The van der Waals surface area contributed by atoms with Crippen molar-refractivity contribution in [2.24, 2.45) is 11.8 Å². The fourth-order valence-electron chi connectivity index (χ4n) is 5.54. The Morgan fingerprint density at radius 3 is 2.29 bits per heavy atom. The van der Waals surface area contributed by atoms with Crippen molar-refractivity contribution in [3.63, 3.8) is 0 Å². The molecule has 0 aromatic heterocycles. The molecule has 3 aliphatic rings. The predicted octanol–water partition coefficient (Wildman–Crippen LogP) is 0.875. The molecule has 3 atom stereocenters. The Morgan fingerprint density at radius 1 is 1.03 bits per heavy atom. The average molecular weight is 485 g/mol. The minimum Gasteiger partial charge on any atom is -0.342 e. The lowest BCUT2D eigenvalue weighted by Crippen LogP contribution is -2.61. The van der Waals surface area contributed by atoms with Crippen LogP contribution in [0.4, 0.5) is 5.69 Å². The first-order valence-corrected chi connectivity index (χ1v) is 13.0. The number of hydrazine groups is 1. The zero-order valence-electron chi connectivity index (χ0n) is 21.5. The van der Waals surface area contributed by atoms with Crippen LogP contribution in [0.3, 0.4) is 0 Å². The zero-order chi connectivity index (χ0) is 25.1. The maximum Gasteiger partial charge on any atom is 0.247 e. The molecule has 3 aliphatic heterocycles. The molecule has 3 heterocycles. The number of carbonyl (C=O) groups is 3. The number of para-hydroxylation sites is 1. The van der Waals surface area contributed by atoms with Crippen molar-refractivity contribution in [1.29, 1.82) is 0 Å². The van der Waals surface area contributed by atoms with Crippen LogP contribution < -0.4 is 10.4 Å². The van der Waals surface area contributed by atoms with E-state index in [0.29, 0.717) is 45.8 Å². The van der Waals surface area contributed by atoms with Crippen LogP contribution in [0.2, 0.25) is 0 Å². The number of nitrogens with one attached hydrogen (secondary N) is 1. The highest BCUT2D eigenvalue weighted by molar-refractivity contribution is 5.98. The average Bonchev–Trinajstić information content (AvgIpc) is 3.21. The molecule has 4 rings (SSSR count). The topological polar surface area (TPSA) is 79.4 Å². The van der Waals surface area contributed by atoms with E-state index in [0.717, 1.165) is 18.8 Å². The number of rotatable bonds is 7. The van der Waals surface area contributed by atoms with E-state index in [1.165, 1.54) is 0 Å². The first-order valence-electron chi connectivity index (χ1n) is 13.0. The third kappa shape index (κ3) is 5.37. The van der Waals surface area contributed by atoms with Gasteiger partial charge in [0.1, 0.15) is 0 Å². The normalized spacial score (nSPS) is 25.7. The molecule has 3 saturated heterocycles. The van der Waals surface area contributed by atoms with Crippen molar-refractivity contribution in [1.82, 2.24) is 25.0 Å². The molecule has 3 fully saturated rings. The number of piperazine rings is 1. The fraction of sp³-hybridized carbons (Fsp3) is 0.654. The molecule has 9 nitrogen and oxygen atoms in total. The number of amides is 3. The smallest absolute Gasteiger partial charge is 0.247 e. The molecule has 3 unspecified atom stereocenters. The van der Waals surface area contributed by atoms with Gasteiger partial charge in [0.15, 0.2) is 0 Å². The molecular weight excluding hydrogens is 444 g/mol. The molecule has 0 bridgehead atoms. The van der Waals surface area contributed by atoms with Gasteiger partial charge in [-0.05, 0) is 39.8 Å². The van der Waals surface area contributed by atoms with Gasteiger partial charge < -0.3 is 9.80 Å². The van der Waals surface area contributed by atoms with E-state index in [1.54, 1.807) is 5.01 Å². The first kappa shape index (κ1) is 25.6. The van der Waals surface area contributed by atoms with Crippen LogP contribution in [-0.2, 0) is 14.4 Å². The molecule has 1 N–H and O–H groups in total. The third-order valence-corrected chi connectivity index (χ3v) is 7.77. The van der Waals surface area contributed by atoms with Gasteiger partial charge in [0.05, 0.1) is 30.1 Å². The number of benzene rings is 1. The van der Waals surface area contributed by atoms with E-state index >= 15 is 0 Å². The van der Waals surface area contributed by atoms with Gasteiger partial charge in [-0.2, -0.15) is 0 Å². The monoisotopic (exact) mass is 484 g/mol. The second-order valence-corrected chi connectivity index (χ2v) is 10.1. The van der Waals surface area contributed by atoms with E-state index in [1.807, 2.05) is 54.0 Å². The largest absolute Gasteiger partial charge is 0.342 e. The van der Waals surface area contributed by atoms with Crippen LogP contribution >= 0.6 is 0 Å². The Hall–Kier alpha value is -2.49. The van der Waals surface area contributed by atoms with Gasteiger partial charge >= 0.3 is 0 Å². The van der Waals surface area contributed by atoms with Crippen molar-refractivity contribution in [3.05, 3.63) is 30.3 Å². The van der Waals surface area contributed by atoms with E-state index in [2.05, 4.69) is 29.1 Å². The molecule has 9 heteroatoms. The van der Waals surface area contributed by atoms with Gasteiger partial charge in [-0.1, -0.05) is 18.2 Å². The molecule has 1 aromatic carbocycles. The quantitative estimate of drug-likeness (QED) is 0.619. The molecule has 192 valence electrons. The number of likely N-dealkylation sites (N-methyl/N-ethyl adjacent to an activating group) is 1. The lowest BCUT2D eigenvalue weighted by molar-refractivity contribution is -0.142. The number of carbonyl (C=O) groups excluding carboxylic acids is 3. The number of piperidine rings is 1. The maximum atomic E-state index is 13.8. The molecule has 0 aliphatic carbocycles. The van der Waals surface area contributed by atoms with Gasteiger partial charge in [-0.3, -0.25) is 24.2 Å². The summed E-state index contributed by atoms with van der Waals surface area (Å²) in [4.78, 5) is 47.8. The Labute approximate surface area is 209 Å². The van der Waals surface area contributed by atoms with E-state index < -0.39 is 0 Å². The second kappa shape index (κ2) is 11.1. The van der Waals surface area contributed by atoms with Crippen molar-refractivity contribution in [2.45, 2.75) is 39.8 Å². The Balaban J connectivity index is 1.43. The molecule has 0 saturated carbocycles. The number of anilines is 1. The lowest BCUT2D eigenvalue weighted by Gasteiger charge is -2.43. The van der Waals surface area contributed by atoms with Crippen molar-refractivity contribution >= 4 is 23.4 Å². The van der Waals surface area contributed by atoms with Crippen LogP contribution in [0, 0.1) is 11.8 Å². The number of fused-ring (bicyclic) bond motifs is 1. The van der Waals surface area contributed by atoms with Gasteiger partial charge in [0, 0.05) is 58.4 Å². The minimum absolute atomic E-state index is 0.0316. The summed E-state index contributed by atoms with van der Waals surface area (Å²) >= 11 is 0. The number of likely N-dealkylation sites (tertiary alicyclic amines) is 1. The standard InChI is InChI=1S/C26H40N6O3/c1-5-29(6-2)23(33)18-28-12-14-30(15-13-28)25(34)21-16-31(19(3)4)17-22-24(21)27-32(26(22)35)20-10-8-7-9-11-20/h7-11,19,21-22,24,27H,5-6,12-18H2,1-4H3. The Morgan fingerprint density at radius 2 is 1.69 bits per heavy atom. The summed E-state index contributed by atoms with van der Waals surface area (Å²) in [6.07, 6.45) is 0. The van der Waals surface area contributed by atoms with Crippen molar-refractivity contribution in [2.75, 3.05) is 63.9 Å². The van der Waals surface area contributed by atoms with Crippen LogP contribution in [0.5, 0.6) is 0 Å². The number of hydrogen-bond acceptors (Lipinski definition) is 6. The summed E-state index contributed by atoms with van der Waals surface area (Å²) in [5.41, 5.74) is 4.20. The maximum absolute atomic E-state index is 13.8. The predicted molar refractivity (Wildman–Crippen MR) is 135 cm³/mol. The van der Waals surface area contributed by atoms with Crippen LogP contribution in [-0.4, -0.2) is 108 Å². The molecule has 0 spiro atoms. The summed E-state index contributed by atoms with van der Waals surface area (Å²) in [7, 11) is 0. The SMILES string of the molecule is CCN(CC)C(=O)CN1CCN(C(=O)C2CN(C(C)C)CC3C(=O)N(c4ccccc4)NC23)CC1. The highest BCUT2D eigenvalue weighted by Crippen LogP contribution is 2.33. The fourth-order valence-corrected chi connectivity index (χ4v) is 5.54. The Kier molecular flexibility index (Phi) is 8.09. The third-order valence-electron chi connectivity index (χ3n) is 7.77. The summed E-state index contributed by atoms with van der Waals surface area (Å²) in [6, 6.07) is 9.63. The highest BCUT2D eigenvalue weighted by Gasteiger charge is 2.52. The number of nitrogens with zero attached hydrogens (tertiary/aromatic N) is 5. The van der Waals surface area contributed by atoms with Gasteiger partial charge in [0.2, 0.25) is 17.7 Å². The minimum atomic E-state index is -0.294. The summed E-state index contributed by atoms with van der Waals surface area (Å²) < 4.78 is 0. The molecule has 0 radical (unpaired) electrons. The van der Waals surface area contributed by atoms with E-state index in [-0.39, 0.29) is 41.6 Å². The summed E-state index contributed by atoms with van der Waals surface area (Å²) in [5, 5.41) is 1.64. The highest BCUT2D eigenvalue weighted by atomic mass is 16.2. The van der Waals surface area contributed by atoms with Gasteiger partial charge in [0.25, 0.3) is 0 Å². The zero-order valence-corrected chi connectivity index (χ0v) is 21.5. The lowest BCUT2D eigenvalue weighted by atomic mass is 9.83. The molecular formula is C26H40N6O3. The van der Waals surface area contributed by atoms with Crippen LogP contribution in [0.25, 0.3) is 0 Å². The van der Waals surface area contributed by atoms with Gasteiger partial charge in [-0.15, -0.1) is 0 Å². The van der Waals surface area contributed by atoms with Crippen LogP contribution in [0.1, 0.15) is 27.7 Å². The number of hydrogen-bond donors (Lipinski definition) is 1. The van der Waals surface area contributed by atoms with Crippen molar-refractivity contribution < 1.29 is 14.4 Å².